The standard InChI is InChI=1S/C15H18ClN3O4/c1-2-17-4-6-18(7-5-17)15(21)12-10-13(16)14(19(22)23)9-11(12)3-8-20/h8-10H,2-7H2,1H3. The van der Waals surface area contributed by atoms with E-state index in [1.165, 1.54) is 12.1 Å². The highest BCUT2D eigenvalue weighted by atomic mass is 35.5. The minimum Gasteiger partial charge on any atom is -0.336 e. The quantitative estimate of drug-likeness (QED) is 0.464. The van der Waals surface area contributed by atoms with Crippen molar-refractivity contribution in [2.24, 2.45) is 0 Å². The third-order valence-electron chi connectivity index (χ3n) is 4.01. The predicted molar refractivity (Wildman–Crippen MR) is 85.9 cm³/mol. The van der Waals surface area contributed by atoms with Gasteiger partial charge in [-0.05, 0) is 18.2 Å². The van der Waals surface area contributed by atoms with Crippen LogP contribution in [0, 0.1) is 10.1 Å². The summed E-state index contributed by atoms with van der Waals surface area (Å²) in [6.45, 7) is 5.74. The largest absolute Gasteiger partial charge is 0.336 e. The fraction of sp³-hybridized carbons (Fsp3) is 0.467. The summed E-state index contributed by atoms with van der Waals surface area (Å²) in [4.78, 5) is 37.8. The first-order valence-corrected chi connectivity index (χ1v) is 7.77. The van der Waals surface area contributed by atoms with Gasteiger partial charge in [0.05, 0.1) is 4.92 Å². The first-order chi connectivity index (χ1) is 11.0. The molecule has 0 bridgehead atoms. The lowest BCUT2D eigenvalue weighted by Gasteiger charge is -2.34. The zero-order valence-corrected chi connectivity index (χ0v) is 13.6. The Labute approximate surface area is 139 Å². The van der Waals surface area contributed by atoms with Crippen molar-refractivity contribution in [1.29, 1.82) is 0 Å². The van der Waals surface area contributed by atoms with E-state index in [9.17, 15) is 19.7 Å². The summed E-state index contributed by atoms with van der Waals surface area (Å²) in [6, 6.07) is 2.51. The molecular weight excluding hydrogens is 322 g/mol. The molecule has 1 heterocycles. The van der Waals surface area contributed by atoms with Gasteiger partial charge < -0.3 is 14.6 Å². The van der Waals surface area contributed by atoms with Crippen LogP contribution >= 0.6 is 11.6 Å². The number of aldehydes is 1. The molecule has 1 fully saturated rings. The van der Waals surface area contributed by atoms with E-state index in [2.05, 4.69) is 11.8 Å². The number of benzene rings is 1. The summed E-state index contributed by atoms with van der Waals surface area (Å²) >= 11 is 5.92. The highest BCUT2D eigenvalue weighted by molar-refractivity contribution is 6.33. The van der Waals surface area contributed by atoms with Crippen LogP contribution in [0.3, 0.4) is 0 Å². The van der Waals surface area contributed by atoms with E-state index in [0.717, 1.165) is 19.6 Å². The second-order valence-corrected chi connectivity index (χ2v) is 5.72. The molecule has 23 heavy (non-hydrogen) atoms. The molecule has 0 aromatic heterocycles. The lowest BCUT2D eigenvalue weighted by molar-refractivity contribution is -0.384. The highest BCUT2D eigenvalue weighted by Gasteiger charge is 2.26. The topological polar surface area (TPSA) is 83.8 Å². The summed E-state index contributed by atoms with van der Waals surface area (Å²) < 4.78 is 0. The number of piperazine rings is 1. The molecule has 0 N–H and O–H groups in total. The summed E-state index contributed by atoms with van der Waals surface area (Å²) in [5, 5.41) is 10.9. The SMILES string of the molecule is CCN1CCN(C(=O)c2cc(Cl)c([N+](=O)[O-])cc2CC=O)CC1. The Morgan fingerprint density at radius 1 is 1.35 bits per heavy atom. The van der Waals surface area contributed by atoms with Gasteiger partial charge in [0, 0.05) is 44.2 Å². The van der Waals surface area contributed by atoms with Gasteiger partial charge in [-0.3, -0.25) is 14.9 Å². The van der Waals surface area contributed by atoms with Crippen LogP contribution in [-0.2, 0) is 11.2 Å². The molecular formula is C15H18ClN3O4. The van der Waals surface area contributed by atoms with Gasteiger partial charge in [-0.1, -0.05) is 18.5 Å². The number of nitro groups is 1. The van der Waals surface area contributed by atoms with Gasteiger partial charge in [-0.2, -0.15) is 0 Å². The van der Waals surface area contributed by atoms with Gasteiger partial charge in [-0.25, -0.2) is 0 Å². The normalized spacial score (nSPS) is 15.5. The van der Waals surface area contributed by atoms with Gasteiger partial charge in [0.1, 0.15) is 11.3 Å². The Hall–Kier alpha value is -1.99. The molecule has 1 aromatic rings. The Balaban J connectivity index is 2.30. The van der Waals surface area contributed by atoms with Crippen LogP contribution in [0.2, 0.25) is 5.02 Å². The molecule has 1 saturated heterocycles. The maximum Gasteiger partial charge on any atom is 0.288 e. The van der Waals surface area contributed by atoms with Crippen molar-refractivity contribution < 1.29 is 14.5 Å². The fourth-order valence-electron chi connectivity index (χ4n) is 2.64. The molecule has 8 heteroatoms. The number of nitro benzene ring substituents is 1. The van der Waals surface area contributed by atoms with E-state index >= 15 is 0 Å². The van der Waals surface area contributed by atoms with E-state index in [1.807, 2.05) is 0 Å². The minimum atomic E-state index is -0.620. The molecule has 1 aliphatic rings. The number of carbonyl (C=O) groups is 2. The molecule has 0 atom stereocenters. The van der Waals surface area contributed by atoms with Crippen LogP contribution in [0.1, 0.15) is 22.8 Å². The molecule has 7 nitrogen and oxygen atoms in total. The molecule has 2 rings (SSSR count). The first-order valence-electron chi connectivity index (χ1n) is 7.40. The van der Waals surface area contributed by atoms with Crippen molar-refractivity contribution in [3.63, 3.8) is 0 Å². The smallest absolute Gasteiger partial charge is 0.288 e. The fourth-order valence-corrected chi connectivity index (χ4v) is 2.87. The molecule has 124 valence electrons. The number of hydrogen-bond donors (Lipinski definition) is 0. The number of amides is 1. The molecule has 1 aliphatic heterocycles. The third kappa shape index (κ3) is 3.86. The van der Waals surface area contributed by atoms with Gasteiger partial charge >= 0.3 is 0 Å². The third-order valence-corrected chi connectivity index (χ3v) is 4.31. The zero-order chi connectivity index (χ0) is 17.0. The maximum atomic E-state index is 12.7. The molecule has 0 spiro atoms. The molecule has 0 unspecified atom stereocenters. The van der Waals surface area contributed by atoms with Gasteiger partial charge in [-0.15, -0.1) is 0 Å². The number of halogens is 1. The van der Waals surface area contributed by atoms with Crippen molar-refractivity contribution in [2.75, 3.05) is 32.7 Å². The van der Waals surface area contributed by atoms with Crippen LogP contribution < -0.4 is 0 Å². The van der Waals surface area contributed by atoms with Crippen LogP contribution in [0.5, 0.6) is 0 Å². The van der Waals surface area contributed by atoms with Gasteiger partial charge in [0.2, 0.25) is 0 Å². The monoisotopic (exact) mass is 339 g/mol. The summed E-state index contributed by atoms with van der Waals surface area (Å²) in [7, 11) is 0. The number of carbonyl (C=O) groups excluding carboxylic acids is 2. The number of rotatable bonds is 5. The zero-order valence-electron chi connectivity index (χ0n) is 12.8. The molecule has 0 saturated carbocycles. The van der Waals surface area contributed by atoms with E-state index < -0.39 is 4.92 Å². The Morgan fingerprint density at radius 2 is 2.00 bits per heavy atom. The average Bonchev–Trinajstić information content (AvgIpc) is 2.55. The molecule has 0 radical (unpaired) electrons. The van der Waals surface area contributed by atoms with E-state index in [-0.39, 0.29) is 28.6 Å². The molecule has 1 aromatic carbocycles. The van der Waals surface area contributed by atoms with Crippen molar-refractivity contribution in [3.8, 4) is 0 Å². The number of hydrogen-bond acceptors (Lipinski definition) is 5. The Kier molecular flexibility index (Phi) is 5.68. The van der Waals surface area contributed by atoms with Gasteiger partial charge in [0.25, 0.3) is 11.6 Å². The van der Waals surface area contributed by atoms with Crippen LogP contribution in [0.25, 0.3) is 0 Å². The summed E-state index contributed by atoms with van der Waals surface area (Å²) in [5.41, 5.74) is 0.299. The van der Waals surface area contributed by atoms with Crippen LogP contribution in [-0.4, -0.2) is 59.6 Å². The first kappa shape index (κ1) is 17.4. The second kappa shape index (κ2) is 7.52. The van der Waals surface area contributed by atoms with E-state index in [1.54, 1.807) is 4.90 Å². The molecule has 1 amide bonds. The van der Waals surface area contributed by atoms with E-state index in [0.29, 0.717) is 24.9 Å². The highest BCUT2D eigenvalue weighted by Crippen LogP contribution is 2.29. The summed E-state index contributed by atoms with van der Waals surface area (Å²) in [6.07, 6.45) is 0.562. The van der Waals surface area contributed by atoms with Crippen molar-refractivity contribution in [2.45, 2.75) is 13.3 Å². The van der Waals surface area contributed by atoms with Crippen LogP contribution in [0.4, 0.5) is 5.69 Å². The average molecular weight is 340 g/mol. The van der Waals surface area contributed by atoms with Crippen molar-refractivity contribution >= 4 is 29.5 Å². The molecule has 0 aliphatic carbocycles. The second-order valence-electron chi connectivity index (χ2n) is 5.32. The summed E-state index contributed by atoms with van der Waals surface area (Å²) in [5.74, 6) is -0.241. The van der Waals surface area contributed by atoms with Crippen molar-refractivity contribution in [1.82, 2.24) is 9.80 Å². The maximum absolute atomic E-state index is 12.7. The van der Waals surface area contributed by atoms with Gasteiger partial charge in [0.15, 0.2) is 0 Å². The lowest BCUT2D eigenvalue weighted by Crippen LogP contribution is -2.48. The van der Waals surface area contributed by atoms with Crippen molar-refractivity contribution in [3.05, 3.63) is 38.4 Å². The number of likely N-dealkylation sites (N-methyl/N-ethyl adjacent to an activating group) is 1. The number of nitrogens with zero attached hydrogens (tertiary/aromatic N) is 3. The predicted octanol–water partition coefficient (Wildman–Crippen LogP) is 1.77. The minimum absolute atomic E-state index is 0.0615. The lowest BCUT2D eigenvalue weighted by atomic mass is 10.0. The Bertz CT molecular complexity index is 627. The van der Waals surface area contributed by atoms with E-state index in [4.69, 9.17) is 11.6 Å². The Morgan fingerprint density at radius 3 is 2.52 bits per heavy atom. The van der Waals surface area contributed by atoms with Crippen LogP contribution in [0.15, 0.2) is 12.1 Å².